The molecule has 1 saturated carbocycles. The molecule has 4 aromatic heterocycles. The van der Waals surface area contributed by atoms with Crippen molar-refractivity contribution in [2.75, 3.05) is 7.11 Å². The van der Waals surface area contributed by atoms with Gasteiger partial charge in [-0.2, -0.15) is 0 Å². The van der Waals surface area contributed by atoms with E-state index in [4.69, 9.17) is 0 Å². The first-order valence-electron chi connectivity index (χ1n) is 9.16. The molecule has 7 nitrogen and oxygen atoms in total. The maximum atomic E-state index is 13.3. The van der Waals surface area contributed by atoms with E-state index in [1.54, 1.807) is 18.6 Å². The SMILES string of the molecule is COC(=O)C1CCCC1.Fc1cnc2[nH]cc(-c3ncc4cc[nH]c4n3)c2c1. The van der Waals surface area contributed by atoms with Gasteiger partial charge >= 0.3 is 5.97 Å². The second-order valence-electron chi connectivity index (χ2n) is 6.73. The molecule has 8 heteroatoms. The molecule has 1 fully saturated rings. The minimum atomic E-state index is -0.380. The third-order valence-electron chi connectivity index (χ3n) is 4.93. The Labute approximate surface area is 160 Å². The van der Waals surface area contributed by atoms with Crippen LogP contribution in [0.2, 0.25) is 0 Å². The van der Waals surface area contributed by atoms with Gasteiger partial charge in [0.1, 0.15) is 17.1 Å². The smallest absolute Gasteiger partial charge is 0.308 e. The highest BCUT2D eigenvalue weighted by Crippen LogP contribution is 2.26. The summed E-state index contributed by atoms with van der Waals surface area (Å²) in [5, 5.41) is 1.61. The number of halogens is 1. The fraction of sp³-hybridized carbons (Fsp3) is 0.300. The quantitative estimate of drug-likeness (QED) is 0.512. The lowest BCUT2D eigenvalue weighted by Gasteiger charge is -2.03. The number of hydrogen-bond donors (Lipinski definition) is 2. The van der Waals surface area contributed by atoms with Crippen molar-refractivity contribution in [2.24, 2.45) is 5.92 Å². The highest BCUT2D eigenvalue weighted by atomic mass is 19.1. The summed E-state index contributed by atoms with van der Waals surface area (Å²) in [6.07, 6.45) is 10.9. The molecule has 0 aromatic carbocycles. The number of carbonyl (C=O) groups excluding carboxylic acids is 1. The van der Waals surface area contributed by atoms with Gasteiger partial charge in [-0.3, -0.25) is 4.79 Å². The van der Waals surface area contributed by atoms with Crippen molar-refractivity contribution in [3.05, 3.63) is 42.7 Å². The molecule has 0 saturated heterocycles. The zero-order valence-corrected chi connectivity index (χ0v) is 15.4. The Balaban J connectivity index is 0.000000181. The molecule has 0 aliphatic heterocycles. The van der Waals surface area contributed by atoms with Gasteiger partial charge in [0.25, 0.3) is 0 Å². The number of nitrogens with zero attached hydrogens (tertiary/aromatic N) is 3. The van der Waals surface area contributed by atoms with Crippen LogP contribution < -0.4 is 0 Å². The fourth-order valence-electron chi connectivity index (χ4n) is 3.46. The number of nitrogens with one attached hydrogen (secondary N) is 2. The van der Waals surface area contributed by atoms with E-state index in [0.717, 1.165) is 29.4 Å². The van der Waals surface area contributed by atoms with Crippen molar-refractivity contribution < 1.29 is 13.9 Å². The molecule has 0 radical (unpaired) electrons. The molecule has 4 heterocycles. The van der Waals surface area contributed by atoms with E-state index in [2.05, 4.69) is 29.7 Å². The number of hydrogen-bond acceptors (Lipinski definition) is 5. The lowest BCUT2D eigenvalue weighted by Crippen LogP contribution is -2.11. The van der Waals surface area contributed by atoms with Gasteiger partial charge in [0.2, 0.25) is 0 Å². The van der Waals surface area contributed by atoms with E-state index in [1.165, 1.54) is 32.2 Å². The van der Waals surface area contributed by atoms with Crippen LogP contribution in [0.1, 0.15) is 25.7 Å². The molecule has 1 aliphatic carbocycles. The summed E-state index contributed by atoms with van der Waals surface area (Å²) in [5.41, 5.74) is 2.11. The second kappa shape index (κ2) is 7.75. The first-order valence-corrected chi connectivity index (χ1v) is 9.16. The highest BCUT2D eigenvalue weighted by molar-refractivity contribution is 5.92. The Kier molecular flexibility index (Phi) is 5.01. The van der Waals surface area contributed by atoms with E-state index >= 15 is 0 Å². The molecule has 4 aromatic rings. The Morgan fingerprint density at radius 3 is 2.79 bits per heavy atom. The first kappa shape index (κ1) is 18.1. The molecule has 28 heavy (non-hydrogen) atoms. The van der Waals surface area contributed by atoms with Gasteiger partial charge in [0, 0.05) is 34.9 Å². The second-order valence-corrected chi connectivity index (χ2v) is 6.73. The Morgan fingerprint density at radius 1 is 1.18 bits per heavy atom. The number of pyridine rings is 1. The van der Waals surface area contributed by atoms with E-state index in [1.807, 2.05) is 6.07 Å². The number of aromatic amines is 2. The van der Waals surface area contributed by atoms with Crippen LogP contribution in [-0.4, -0.2) is 38.0 Å². The lowest BCUT2D eigenvalue weighted by molar-refractivity contribution is -0.145. The summed E-state index contributed by atoms with van der Waals surface area (Å²) in [5.74, 6) is 0.352. The Bertz CT molecular complexity index is 1110. The van der Waals surface area contributed by atoms with E-state index in [9.17, 15) is 9.18 Å². The number of ether oxygens (including phenoxy) is 1. The van der Waals surface area contributed by atoms with Crippen LogP contribution >= 0.6 is 0 Å². The normalized spacial score (nSPS) is 14.2. The Hall–Kier alpha value is -3.29. The van der Waals surface area contributed by atoms with Gasteiger partial charge in [-0.1, -0.05) is 12.8 Å². The number of H-pyrrole nitrogens is 2. The number of methoxy groups -OCH3 is 1. The zero-order chi connectivity index (χ0) is 19.5. The minimum absolute atomic E-state index is 0.0208. The number of carbonyl (C=O) groups is 1. The summed E-state index contributed by atoms with van der Waals surface area (Å²) in [6.45, 7) is 0. The third-order valence-corrected chi connectivity index (χ3v) is 4.93. The molecule has 5 rings (SSSR count). The van der Waals surface area contributed by atoms with Crippen molar-refractivity contribution in [1.29, 1.82) is 0 Å². The van der Waals surface area contributed by atoms with Gasteiger partial charge in [0.05, 0.1) is 19.2 Å². The summed E-state index contributed by atoms with van der Waals surface area (Å²) in [6, 6.07) is 3.33. The van der Waals surface area contributed by atoms with Crippen molar-refractivity contribution in [3.63, 3.8) is 0 Å². The van der Waals surface area contributed by atoms with Crippen LogP contribution in [0.5, 0.6) is 0 Å². The average Bonchev–Trinajstić information content (AvgIpc) is 3.46. The van der Waals surface area contributed by atoms with Gasteiger partial charge in [-0.15, -0.1) is 0 Å². The maximum Gasteiger partial charge on any atom is 0.308 e. The minimum Gasteiger partial charge on any atom is -0.469 e. The standard InChI is InChI=1S/C13H8FN5.C7H12O2/c14-8-3-9-10(6-18-12(9)17-5-8)13-16-4-7-1-2-15-11(7)19-13;1-9-7(8)6-4-2-3-5-6/h1-6H,(H,17,18)(H,15,16,19);6H,2-5H2,1H3. The summed E-state index contributed by atoms with van der Waals surface area (Å²) in [7, 11) is 1.46. The number of rotatable bonds is 2. The van der Waals surface area contributed by atoms with Gasteiger partial charge < -0.3 is 14.7 Å². The van der Waals surface area contributed by atoms with Gasteiger partial charge in [-0.05, 0) is 25.0 Å². The van der Waals surface area contributed by atoms with Gasteiger partial charge in [-0.25, -0.2) is 19.3 Å². The van der Waals surface area contributed by atoms with Crippen LogP contribution in [0.25, 0.3) is 33.5 Å². The number of esters is 1. The zero-order valence-electron chi connectivity index (χ0n) is 15.4. The molecular formula is C20H20FN5O2. The van der Waals surface area contributed by atoms with Crippen LogP contribution in [0, 0.1) is 11.7 Å². The average molecular weight is 381 g/mol. The van der Waals surface area contributed by atoms with Crippen LogP contribution in [-0.2, 0) is 9.53 Å². The molecule has 0 amide bonds. The van der Waals surface area contributed by atoms with Crippen molar-refractivity contribution in [1.82, 2.24) is 24.9 Å². The molecular weight excluding hydrogens is 361 g/mol. The first-order chi connectivity index (χ1) is 13.7. The van der Waals surface area contributed by atoms with Crippen molar-refractivity contribution in [3.8, 4) is 11.4 Å². The lowest BCUT2D eigenvalue weighted by atomic mass is 10.1. The number of fused-ring (bicyclic) bond motifs is 2. The van der Waals surface area contributed by atoms with E-state index in [0.29, 0.717) is 16.9 Å². The molecule has 0 spiro atoms. The molecule has 0 unspecified atom stereocenters. The van der Waals surface area contributed by atoms with Crippen LogP contribution in [0.3, 0.4) is 0 Å². The predicted molar refractivity (Wildman–Crippen MR) is 103 cm³/mol. The fourth-order valence-corrected chi connectivity index (χ4v) is 3.46. The van der Waals surface area contributed by atoms with Crippen molar-refractivity contribution in [2.45, 2.75) is 25.7 Å². The summed E-state index contributed by atoms with van der Waals surface area (Å²) >= 11 is 0. The topological polar surface area (TPSA) is 96.5 Å². The predicted octanol–water partition coefficient (Wildman–Crippen LogP) is 3.99. The molecule has 1 aliphatic rings. The molecule has 2 N–H and O–H groups in total. The van der Waals surface area contributed by atoms with Crippen LogP contribution in [0.4, 0.5) is 4.39 Å². The largest absolute Gasteiger partial charge is 0.469 e. The molecule has 0 bridgehead atoms. The molecule has 144 valence electrons. The molecule has 0 atom stereocenters. The maximum absolute atomic E-state index is 13.3. The third kappa shape index (κ3) is 3.58. The van der Waals surface area contributed by atoms with Crippen LogP contribution in [0.15, 0.2) is 36.9 Å². The van der Waals surface area contributed by atoms with E-state index < -0.39 is 0 Å². The highest BCUT2D eigenvalue weighted by Gasteiger charge is 2.22. The summed E-state index contributed by atoms with van der Waals surface area (Å²) < 4.78 is 17.9. The Morgan fingerprint density at radius 2 is 2.00 bits per heavy atom. The van der Waals surface area contributed by atoms with E-state index in [-0.39, 0.29) is 17.7 Å². The monoisotopic (exact) mass is 381 g/mol. The van der Waals surface area contributed by atoms with Crippen molar-refractivity contribution >= 4 is 28.0 Å². The number of aromatic nitrogens is 5. The summed E-state index contributed by atoms with van der Waals surface area (Å²) in [4.78, 5) is 29.5. The van der Waals surface area contributed by atoms with Gasteiger partial charge in [0.15, 0.2) is 5.82 Å².